The normalized spacial score (nSPS) is 26.0. The van der Waals surface area contributed by atoms with Gasteiger partial charge in [0.15, 0.2) is 0 Å². The molecular weight excluding hydrogens is 250 g/mol. The van der Waals surface area contributed by atoms with Crippen LogP contribution in [0.2, 0.25) is 0 Å². The molecule has 0 aromatic heterocycles. The standard InChI is InChI=1S/C17H25NO2/c1-17(7-10-20-11-8-17)13-18-9-6-16(18)14-4-3-5-15(12-14)19-2/h3-5,12,16H,6-11,13H2,1-2H3/t16-/m1/s1. The molecule has 3 nitrogen and oxygen atoms in total. The highest BCUT2D eigenvalue weighted by Crippen LogP contribution is 2.39. The van der Waals surface area contributed by atoms with Crippen LogP contribution < -0.4 is 4.74 Å². The first-order valence-corrected chi connectivity index (χ1v) is 7.66. The van der Waals surface area contributed by atoms with Gasteiger partial charge in [-0.15, -0.1) is 0 Å². The van der Waals surface area contributed by atoms with Gasteiger partial charge >= 0.3 is 0 Å². The van der Waals surface area contributed by atoms with Crippen molar-refractivity contribution >= 4 is 0 Å². The summed E-state index contributed by atoms with van der Waals surface area (Å²) in [6.07, 6.45) is 3.64. The van der Waals surface area contributed by atoms with Crippen molar-refractivity contribution in [3.63, 3.8) is 0 Å². The van der Waals surface area contributed by atoms with Gasteiger partial charge in [0, 0.05) is 32.3 Å². The van der Waals surface area contributed by atoms with E-state index in [0.717, 1.165) is 19.0 Å². The molecule has 3 heteroatoms. The molecule has 0 bridgehead atoms. The summed E-state index contributed by atoms with van der Waals surface area (Å²) in [6.45, 7) is 6.68. The largest absolute Gasteiger partial charge is 0.497 e. The summed E-state index contributed by atoms with van der Waals surface area (Å²) in [6, 6.07) is 9.10. The fourth-order valence-corrected chi connectivity index (χ4v) is 3.37. The Morgan fingerprint density at radius 2 is 2.15 bits per heavy atom. The van der Waals surface area contributed by atoms with Gasteiger partial charge in [-0.25, -0.2) is 0 Å². The van der Waals surface area contributed by atoms with Crippen LogP contribution in [0.5, 0.6) is 5.75 Å². The van der Waals surface area contributed by atoms with E-state index in [1.165, 1.54) is 37.9 Å². The first-order chi connectivity index (χ1) is 9.70. The zero-order chi connectivity index (χ0) is 14.0. The van der Waals surface area contributed by atoms with Crippen LogP contribution in [0.1, 0.15) is 37.8 Å². The zero-order valence-electron chi connectivity index (χ0n) is 12.6. The maximum absolute atomic E-state index is 5.50. The monoisotopic (exact) mass is 275 g/mol. The minimum atomic E-state index is 0.426. The third-order valence-electron chi connectivity index (χ3n) is 4.89. The van der Waals surface area contributed by atoms with Gasteiger partial charge in [-0.2, -0.15) is 0 Å². The van der Waals surface area contributed by atoms with E-state index < -0.39 is 0 Å². The van der Waals surface area contributed by atoms with Gasteiger partial charge in [0.05, 0.1) is 7.11 Å². The van der Waals surface area contributed by atoms with Crippen LogP contribution in [0.3, 0.4) is 0 Å². The molecule has 0 unspecified atom stereocenters. The van der Waals surface area contributed by atoms with Crippen LogP contribution in [0.4, 0.5) is 0 Å². The van der Waals surface area contributed by atoms with E-state index in [1.807, 2.05) is 6.07 Å². The highest BCUT2D eigenvalue weighted by atomic mass is 16.5. The summed E-state index contributed by atoms with van der Waals surface area (Å²) in [5, 5.41) is 0. The lowest BCUT2D eigenvalue weighted by atomic mass is 9.80. The number of rotatable bonds is 4. The highest BCUT2D eigenvalue weighted by Gasteiger charge is 2.36. The Hall–Kier alpha value is -1.06. The van der Waals surface area contributed by atoms with Crippen molar-refractivity contribution in [3.05, 3.63) is 29.8 Å². The van der Waals surface area contributed by atoms with E-state index >= 15 is 0 Å². The van der Waals surface area contributed by atoms with E-state index in [4.69, 9.17) is 9.47 Å². The summed E-state index contributed by atoms with van der Waals surface area (Å²) >= 11 is 0. The van der Waals surface area contributed by atoms with E-state index in [1.54, 1.807) is 7.11 Å². The van der Waals surface area contributed by atoms with Crippen LogP contribution in [0.15, 0.2) is 24.3 Å². The zero-order valence-corrected chi connectivity index (χ0v) is 12.6. The minimum Gasteiger partial charge on any atom is -0.497 e. The number of ether oxygens (including phenoxy) is 2. The van der Waals surface area contributed by atoms with E-state index in [0.29, 0.717) is 11.5 Å². The molecule has 0 amide bonds. The molecule has 2 saturated heterocycles. The second-order valence-corrected chi connectivity index (χ2v) is 6.47. The van der Waals surface area contributed by atoms with E-state index in [-0.39, 0.29) is 0 Å². The van der Waals surface area contributed by atoms with Crippen molar-refractivity contribution in [2.75, 3.05) is 33.4 Å². The van der Waals surface area contributed by atoms with Gasteiger partial charge in [0.1, 0.15) is 5.75 Å². The van der Waals surface area contributed by atoms with Gasteiger partial charge in [-0.05, 0) is 42.4 Å². The summed E-state index contributed by atoms with van der Waals surface area (Å²) in [4.78, 5) is 2.63. The molecule has 2 aliphatic heterocycles. The van der Waals surface area contributed by atoms with Crippen LogP contribution in [-0.2, 0) is 4.74 Å². The molecule has 0 spiro atoms. The van der Waals surface area contributed by atoms with Crippen LogP contribution >= 0.6 is 0 Å². The third kappa shape index (κ3) is 2.84. The number of likely N-dealkylation sites (tertiary alicyclic amines) is 1. The van der Waals surface area contributed by atoms with Crippen molar-refractivity contribution in [2.45, 2.75) is 32.2 Å². The SMILES string of the molecule is COc1cccc([C@H]2CCN2CC2(C)CCOCC2)c1. The molecule has 3 rings (SSSR count). The number of hydrogen-bond donors (Lipinski definition) is 0. The highest BCUT2D eigenvalue weighted by molar-refractivity contribution is 5.31. The molecular formula is C17H25NO2. The molecule has 2 fully saturated rings. The average Bonchev–Trinajstić information content (AvgIpc) is 2.45. The molecule has 20 heavy (non-hydrogen) atoms. The second-order valence-electron chi connectivity index (χ2n) is 6.47. The molecule has 1 atom stereocenters. The molecule has 2 heterocycles. The van der Waals surface area contributed by atoms with Crippen LogP contribution in [0, 0.1) is 5.41 Å². The lowest BCUT2D eigenvalue weighted by Crippen LogP contribution is -2.48. The number of benzene rings is 1. The molecule has 110 valence electrons. The Labute approximate surface area is 121 Å². The Morgan fingerprint density at radius 3 is 2.80 bits per heavy atom. The Kier molecular flexibility index (Phi) is 3.99. The third-order valence-corrected chi connectivity index (χ3v) is 4.89. The molecule has 1 aromatic carbocycles. The fourth-order valence-electron chi connectivity index (χ4n) is 3.37. The summed E-state index contributed by atoms with van der Waals surface area (Å²) in [7, 11) is 1.74. The van der Waals surface area contributed by atoms with Crippen molar-refractivity contribution in [2.24, 2.45) is 5.41 Å². The smallest absolute Gasteiger partial charge is 0.119 e. The van der Waals surface area contributed by atoms with E-state index in [9.17, 15) is 0 Å². The predicted molar refractivity (Wildman–Crippen MR) is 80.1 cm³/mol. The lowest BCUT2D eigenvalue weighted by molar-refractivity contribution is -0.0251. The fraction of sp³-hybridized carbons (Fsp3) is 0.647. The summed E-state index contributed by atoms with van der Waals surface area (Å²) in [5.74, 6) is 0.964. The van der Waals surface area contributed by atoms with Gasteiger partial charge < -0.3 is 9.47 Å². The average molecular weight is 275 g/mol. The molecule has 0 aliphatic carbocycles. The Balaban J connectivity index is 1.66. The quantitative estimate of drug-likeness (QED) is 0.842. The maximum Gasteiger partial charge on any atom is 0.119 e. The second kappa shape index (κ2) is 5.74. The van der Waals surface area contributed by atoms with Crippen molar-refractivity contribution in [3.8, 4) is 5.75 Å². The molecule has 0 saturated carbocycles. The number of methoxy groups -OCH3 is 1. The van der Waals surface area contributed by atoms with Gasteiger partial charge in [0.2, 0.25) is 0 Å². The first kappa shape index (κ1) is 13.9. The van der Waals surface area contributed by atoms with Crippen LogP contribution in [0.25, 0.3) is 0 Å². The first-order valence-electron chi connectivity index (χ1n) is 7.66. The van der Waals surface area contributed by atoms with Crippen molar-refractivity contribution in [1.29, 1.82) is 0 Å². The van der Waals surface area contributed by atoms with Gasteiger partial charge in [-0.1, -0.05) is 19.1 Å². The Morgan fingerprint density at radius 1 is 1.35 bits per heavy atom. The van der Waals surface area contributed by atoms with Crippen molar-refractivity contribution in [1.82, 2.24) is 4.90 Å². The summed E-state index contributed by atoms with van der Waals surface area (Å²) in [5.41, 5.74) is 1.82. The maximum atomic E-state index is 5.50. The molecule has 0 radical (unpaired) electrons. The number of nitrogens with zero attached hydrogens (tertiary/aromatic N) is 1. The van der Waals surface area contributed by atoms with Gasteiger partial charge in [0.25, 0.3) is 0 Å². The molecule has 2 aliphatic rings. The summed E-state index contributed by atoms with van der Waals surface area (Å²) < 4.78 is 10.8. The molecule has 1 aromatic rings. The van der Waals surface area contributed by atoms with Crippen LogP contribution in [-0.4, -0.2) is 38.3 Å². The lowest BCUT2D eigenvalue weighted by Gasteiger charge is -2.47. The van der Waals surface area contributed by atoms with E-state index in [2.05, 4.69) is 30.0 Å². The Bertz CT molecular complexity index is 454. The van der Waals surface area contributed by atoms with Crippen molar-refractivity contribution < 1.29 is 9.47 Å². The molecule has 0 N–H and O–H groups in total. The minimum absolute atomic E-state index is 0.426. The topological polar surface area (TPSA) is 21.7 Å². The van der Waals surface area contributed by atoms with Gasteiger partial charge in [-0.3, -0.25) is 4.90 Å². The predicted octanol–water partition coefficient (Wildman–Crippen LogP) is 3.26. The number of hydrogen-bond acceptors (Lipinski definition) is 3.